The molecule has 118 valence electrons. The summed E-state index contributed by atoms with van der Waals surface area (Å²) in [6.07, 6.45) is 6.26. The van der Waals surface area contributed by atoms with Crippen LogP contribution in [0.4, 0.5) is 4.39 Å². The Hall–Kier alpha value is -2.94. The van der Waals surface area contributed by atoms with Crippen LogP contribution >= 0.6 is 11.8 Å². The maximum atomic E-state index is 13.5. The van der Waals surface area contributed by atoms with Crippen LogP contribution in [-0.4, -0.2) is 34.7 Å². The zero-order valence-electron chi connectivity index (χ0n) is 12.5. The molecule has 3 aromatic heterocycles. The summed E-state index contributed by atoms with van der Waals surface area (Å²) in [6, 6.07) is 4.41. The minimum atomic E-state index is -0.336. The SMILES string of the molecule is Cn1c(Sc2ncnc3ccc(F)cc23)nnc1-c1cnccn1. The number of aromatic nitrogens is 7. The molecule has 0 bridgehead atoms. The van der Waals surface area contributed by atoms with Gasteiger partial charge in [0.15, 0.2) is 11.0 Å². The summed E-state index contributed by atoms with van der Waals surface area (Å²) in [4.78, 5) is 16.6. The number of hydrogen-bond acceptors (Lipinski definition) is 7. The lowest BCUT2D eigenvalue weighted by Crippen LogP contribution is -1.97. The Bertz CT molecular complexity index is 1020. The van der Waals surface area contributed by atoms with Crippen molar-refractivity contribution < 1.29 is 4.39 Å². The molecule has 7 nitrogen and oxygen atoms in total. The molecule has 9 heteroatoms. The van der Waals surface area contributed by atoms with Crippen LogP contribution in [0.5, 0.6) is 0 Å². The third-order valence-corrected chi connectivity index (χ3v) is 4.43. The van der Waals surface area contributed by atoms with Crippen molar-refractivity contribution in [3.63, 3.8) is 0 Å². The van der Waals surface area contributed by atoms with Crippen LogP contribution in [0.15, 0.2) is 53.3 Å². The van der Waals surface area contributed by atoms with Gasteiger partial charge in [-0.2, -0.15) is 0 Å². The van der Waals surface area contributed by atoms with Crippen LogP contribution in [-0.2, 0) is 7.05 Å². The molecular formula is C15H10FN7S. The van der Waals surface area contributed by atoms with Crippen molar-refractivity contribution in [2.75, 3.05) is 0 Å². The molecule has 0 amide bonds. The Morgan fingerprint density at radius 2 is 2.00 bits per heavy atom. The van der Waals surface area contributed by atoms with E-state index in [9.17, 15) is 4.39 Å². The predicted octanol–water partition coefficient (Wildman–Crippen LogP) is 2.51. The van der Waals surface area contributed by atoms with Gasteiger partial charge in [0.05, 0.1) is 11.7 Å². The fourth-order valence-corrected chi connectivity index (χ4v) is 3.07. The highest BCUT2D eigenvalue weighted by Crippen LogP contribution is 2.31. The van der Waals surface area contributed by atoms with E-state index in [-0.39, 0.29) is 5.82 Å². The van der Waals surface area contributed by atoms with E-state index in [2.05, 4.69) is 30.1 Å². The maximum Gasteiger partial charge on any atom is 0.197 e. The monoisotopic (exact) mass is 339 g/mol. The highest BCUT2D eigenvalue weighted by Gasteiger charge is 2.15. The lowest BCUT2D eigenvalue weighted by molar-refractivity contribution is 0.629. The molecule has 0 spiro atoms. The Morgan fingerprint density at radius 3 is 2.83 bits per heavy atom. The molecule has 3 heterocycles. The minimum Gasteiger partial charge on any atom is -0.303 e. The lowest BCUT2D eigenvalue weighted by atomic mass is 10.2. The molecule has 4 aromatic rings. The zero-order chi connectivity index (χ0) is 16.5. The summed E-state index contributed by atoms with van der Waals surface area (Å²) in [5, 5.41) is 10.2. The number of nitrogens with zero attached hydrogens (tertiary/aromatic N) is 7. The second kappa shape index (κ2) is 5.93. The van der Waals surface area contributed by atoms with Crippen molar-refractivity contribution in [2.24, 2.45) is 7.05 Å². The van der Waals surface area contributed by atoms with Crippen LogP contribution < -0.4 is 0 Å². The van der Waals surface area contributed by atoms with Crippen LogP contribution in [0, 0.1) is 5.82 Å². The number of hydrogen-bond donors (Lipinski definition) is 0. The summed E-state index contributed by atoms with van der Waals surface area (Å²) in [7, 11) is 1.83. The molecule has 0 atom stereocenters. The van der Waals surface area contributed by atoms with Gasteiger partial charge in [0, 0.05) is 24.8 Å². The molecule has 24 heavy (non-hydrogen) atoms. The van der Waals surface area contributed by atoms with Crippen LogP contribution in [0.25, 0.3) is 22.4 Å². The minimum absolute atomic E-state index is 0.336. The van der Waals surface area contributed by atoms with Gasteiger partial charge < -0.3 is 4.57 Å². The summed E-state index contributed by atoms with van der Waals surface area (Å²) in [5.74, 6) is 0.257. The zero-order valence-corrected chi connectivity index (χ0v) is 13.3. The fourth-order valence-electron chi connectivity index (χ4n) is 2.21. The Morgan fingerprint density at radius 1 is 1.08 bits per heavy atom. The first kappa shape index (κ1) is 14.6. The van der Waals surface area contributed by atoms with Gasteiger partial charge in [-0.25, -0.2) is 19.3 Å². The molecule has 0 radical (unpaired) electrons. The third-order valence-electron chi connectivity index (χ3n) is 3.38. The second-order valence-corrected chi connectivity index (χ2v) is 5.85. The van der Waals surface area contributed by atoms with Crippen molar-refractivity contribution in [1.29, 1.82) is 0 Å². The molecular weight excluding hydrogens is 329 g/mol. The average Bonchev–Trinajstić information content (AvgIpc) is 2.97. The Labute approximate surface area is 140 Å². The Balaban J connectivity index is 1.75. The van der Waals surface area contributed by atoms with Gasteiger partial charge in [0.1, 0.15) is 22.9 Å². The number of rotatable bonds is 3. The van der Waals surface area contributed by atoms with Gasteiger partial charge >= 0.3 is 0 Å². The largest absolute Gasteiger partial charge is 0.303 e. The Kier molecular flexibility index (Phi) is 3.62. The first-order valence-electron chi connectivity index (χ1n) is 6.96. The van der Waals surface area contributed by atoms with Crippen molar-refractivity contribution >= 4 is 22.7 Å². The highest BCUT2D eigenvalue weighted by atomic mass is 32.2. The van der Waals surface area contributed by atoms with E-state index in [1.807, 2.05) is 7.05 Å². The van der Waals surface area contributed by atoms with E-state index in [1.165, 1.54) is 30.2 Å². The number of fused-ring (bicyclic) bond motifs is 1. The van der Waals surface area contributed by atoms with E-state index in [0.29, 0.717) is 32.6 Å². The van der Waals surface area contributed by atoms with Gasteiger partial charge in [-0.3, -0.25) is 4.98 Å². The molecule has 1 aromatic carbocycles. The van der Waals surface area contributed by atoms with Gasteiger partial charge in [-0.15, -0.1) is 10.2 Å². The standard InChI is InChI=1S/C15H10FN7S/c1-23-13(12-7-17-4-5-18-12)21-22-15(23)24-14-10-6-9(16)2-3-11(10)19-8-20-14/h2-8H,1H3. The molecule has 0 aliphatic rings. The fraction of sp³-hybridized carbons (Fsp3) is 0.0667. The summed E-state index contributed by atoms with van der Waals surface area (Å²) in [5.41, 5.74) is 1.29. The van der Waals surface area contributed by atoms with Crippen LogP contribution in [0.3, 0.4) is 0 Å². The van der Waals surface area contributed by atoms with Gasteiger partial charge in [-0.05, 0) is 30.0 Å². The lowest BCUT2D eigenvalue weighted by Gasteiger charge is -2.05. The molecule has 0 N–H and O–H groups in total. The molecule has 4 rings (SSSR count). The first-order chi connectivity index (χ1) is 11.7. The average molecular weight is 339 g/mol. The molecule has 0 aliphatic heterocycles. The molecule has 0 saturated heterocycles. The summed E-state index contributed by atoms with van der Waals surface area (Å²) >= 11 is 1.29. The van der Waals surface area contributed by atoms with Crippen molar-refractivity contribution in [3.8, 4) is 11.5 Å². The molecule has 0 saturated carbocycles. The smallest absolute Gasteiger partial charge is 0.197 e. The molecule has 0 aliphatic carbocycles. The topological polar surface area (TPSA) is 82.3 Å². The van der Waals surface area contributed by atoms with Crippen molar-refractivity contribution in [1.82, 2.24) is 34.7 Å². The molecule has 0 fully saturated rings. The summed E-state index contributed by atoms with van der Waals surface area (Å²) < 4.78 is 15.3. The van der Waals surface area contributed by atoms with Gasteiger partial charge in [0.2, 0.25) is 0 Å². The maximum absolute atomic E-state index is 13.5. The van der Waals surface area contributed by atoms with E-state index < -0.39 is 0 Å². The van der Waals surface area contributed by atoms with E-state index in [4.69, 9.17) is 0 Å². The van der Waals surface area contributed by atoms with E-state index in [0.717, 1.165) is 0 Å². The van der Waals surface area contributed by atoms with Crippen LogP contribution in [0.2, 0.25) is 0 Å². The molecule has 0 unspecified atom stereocenters. The number of halogens is 1. The normalized spacial score (nSPS) is 11.1. The van der Waals surface area contributed by atoms with Crippen molar-refractivity contribution in [3.05, 3.63) is 48.9 Å². The van der Waals surface area contributed by atoms with E-state index >= 15 is 0 Å². The van der Waals surface area contributed by atoms with Gasteiger partial charge in [0.25, 0.3) is 0 Å². The predicted molar refractivity (Wildman–Crippen MR) is 85.6 cm³/mol. The summed E-state index contributed by atoms with van der Waals surface area (Å²) in [6.45, 7) is 0. The highest BCUT2D eigenvalue weighted by molar-refractivity contribution is 7.99. The van der Waals surface area contributed by atoms with Gasteiger partial charge in [-0.1, -0.05) is 0 Å². The second-order valence-electron chi connectivity index (χ2n) is 4.90. The number of benzene rings is 1. The van der Waals surface area contributed by atoms with Crippen LogP contribution in [0.1, 0.15) is 0 Å². The first-order valence-corrected chi connectivity index (χ1v) is 7.78. The van der Waals surface area contributed by atoms with Crippen molar-refractivity contribution in [2.45, 2.75) is 10.2 Å². The van der Waals surface area contributed by atoms with E-state index in [1.54, 1.807) is 29.2 Å². The quantitative estimate of drug-likeness (QED) is 0.530. The third kappa shape index (κ3) is 2.58.